The number of nitrogens with zero attached hydrogens (tertiary/aromatic N) is 3. The fourth-order valence-electron chi connectivity index (χ4n) is 2.89. The van der Waals surface area contributed by atoms with E-state index in [1.54, 1.807) is 30.7 Å². The number of aromatic nitrogens is 2. The number of hydrogen-bond donors (Lipinski definition) is 2. The lowest BCUT2D eigenvalue weighted by molar-refractivity contribution is 0.0594. The van der Waals surface area contributed by atoms with Crippen LogP contribution in [0.2, 0.25) is 0 Å². The van der Waals surface area contributed by atoms with Gasteiger partial charge >= 0.3 is 0 Å². The standard InChI is InChI=1S/C19H24N4O3/c24-12-2-9-21-18-5-4-15(13-22-18)19(25)23-10-6-16(7-11-23)26-17-3-1-8-20-14-17/h1,3-5,8,13-14,16,24H,2,6-7,9-12H2,(H,21,22). The molecule has 0 radical (unpaired) electrons. The van der Waals surface area contributed by atoms with Crippen LogP contribution in [0, 0.1) is 0 Å². The van der Waals surface area contributed by atoms with Crippen molar-refractivity contribution in [2.45, 2.75) is 25.4 Å². The number of carbonyl (C=O) groups excluding carboxylic acids is 1. The summed E-state index contributed by atoms with van der Waals surface area (Å²) in [7, 11) is 0. The third-order valence-corrected chi connectivity index (χ3v) is 4.32. The van der Waals surface area contributed by atoms with Crippen LogP contribution in [-0.2, 0) is 0 Å². The molecule has 1 amide bonds. The van der Waals surface area contributed by atoms with E-state index >= 15 is 0 Å². The summed E-state index contributed by atoms with van der Waals surface area (Å²) in [6, 6.07) is 7.33. The second-order valence-corrected chi connectivity index (χ2v) is 6.23. The maximum Gasteiger partial charge on any atom is 0.255 e. The summed E-state index contributed by atoms with van der Waals surface area (Å²) in [4.78, 5) is 22.8. The Kier molecular flexibility index (Phi) is 6.38. The Labute approximate surface area is 153 Å². The minimum atomic E-state index is -0.000707. The van der Waals surface area contributed by atoms with Gasteiger partial charge in [-0.25, -0.2) is 4.98 Å². The molecule has 0 saturated carbocycles. The number of amides is 1. The van der Waals surface area contributed by atoms with E-state index in [-0.39, 0.29) is 18.6 Å². The molecule has 2 aromatic heterocycles. The van der Waals surface area contributed by atoms with E-state index in [2.05, 4.69) is 15.3 Å². The van der Waals surface area contributed by atoms with Crippen molar-refractivity contribution in [2.24, 2.45) is 0 Å². The Hall–Kier alpha value is -2.67. The van der Waals surface area contributed by atoms with Crippen molar-refractivity contribution in [3.63, 3.8) is 0 Å². The van der Waals surface area contributed by atoms with Crippen molar-refractivity contribution in [3.05, 3.63) is 48.4 Å². The molecule has 1 fully saturated rings. The first-order valence-electron chi connectivity index (χ1n) is 8.93. The second kappa shape index (κ2) is 9.15. The average molecular weight is 356 g/mol. The van der Waals surface area contributed by atoms with E-state index in [9.17, 15) is 4.79 Å². The molecule has 3 heterocycles. The van der Waals surface area contributed by atoms with E-state index in [4.69, 9.17) is 9.84 Å². The van der Waals surface area contributed by atoms with E-state index < -0.39 is 0 Å². The summed E-state index contributed by atoms with van der Waals surface area (Å²) in [6.45, 7) is 2.13. The summed E-state index contributed by atoms with van der Waals surface area (Å²) >= 11 is 0. The lowest BCUT2D eigenvalue weighted by atomic mass is 10.1. The number of pyridine rings is 2. The Bertz CT molecular complexity index is 686. The lowest BCUT2D eigenvalue weighted by Crippen LogP contribution is -2.41. The van der Waals surface area contributed by atoms with Crippen LogP contribution in [0.3, 0.4) is 0 Å². The molecule has 0 aromatic carbocycles. The summed E-state index contributed by atoms with van der Waals surface area (Å²) in [5, 5.41) is 11.9. The normalized spacial score (nSPS) is 14.9. The van der Waals surface area contributed by atoms with Gasteiger partial charge in [0.15, 0.2) is 0 Å². The van der Waals surface area contributed by atoms with Crippen molar-refractivity contribution < 1.29 is 14.6 Å². The third-order valence-electron chi connectivity index (χ3n) is 4.32. The summed E-state index contributed by atoms with van der Waals surface area (Å²) in [5.74, 6) is 1.48. The molecule has 1 aliphatic rings. The highest BCUT2D eigenvalue weighted by molar-refractivity contribution is 5.94. The second-order valence-electron chi connectivity index (χ2n) is 6.23. The van der Waals surface area contributed by atoms with E-state index in [1.807, 2.05) is 17.0 Å². The zero-order valence-electron chi connectivity index (χ0n) is 14.7. The molecule has 7 nitrogen and oxygen atoms in total. The molecule has 3 rings (SSSR count). The highest BCUT2D eigenvalue weighted by Gasteiger charge is 2.24. The van der Waals surface area contributed by atoms with Crippen LogP contribution in [0.15, 0.2) is 42.9 Å². The average Bonchev–Trinajstić information content (AvgIpc) is 2.70. The van der Waals surface area contributed by atoms with Gasteiger partial charge in [-0.3, -0.25) is 9.78 Å². The SMILES string of the molecule is O=C(c1ccc(NCCCO)nc1)N1CCC(Oc2cccnc2)CC1. The van der Waals surface area contributed by atoms with Crippen LogP contribution in [-0.4, -0.2) is 58.2 Å². The van der Waals surface area contributed by atoms with Crippen molar-refractivity contribution in [3.8, 4) is 5.75 Å². The van der Waals surface area contributed by atoms with Gasteiger partial charge in [-0.2, -0.15) is 0 Å². The van der Waals surface area contributed by atoms with Crippen LogP contribution in [0.1, 0.15) is 29.6 Å². The molecule has 7 heteroatoms. The van der Waals surface area contributed by atoms with Gasteiger partial charge in [-0.1, -0.05) is 0 Å². The number of likely N-dealkylation sites (tertiary alicyclic amines) is 1. The molecule has 0 atom stereocenters. The quantitative estimate of drug-likeness (QED) is 0.738. The highest BCUT2D eigenvalue weighted by atomic mass is 16.5. The smallest absolute Gasteiger partial charge is 0.255 e. The molecule has 2 N–H and O–H groups in total. The minimum Gasteiger partial charge on any atom is -0.489 e. The predicted molar refractivity (Wildman–Crippen MR) is 98.2 cm³/mol. The predicted octanol–water partition coefficient (Wildman–Crippen LogP) is 1.95. The zero-order chi connectivity index (χ0) is 18.2. The molecule has 0 spiro atoms. The van der Waals surface area contributed by atoms with Crippen molar-refractivity contribution in [2.75, 3.05) is 31.6 Å². The zero-order valence-corrected chi connectivity index (χ0v) is 14.7. The van der Waals surface area contributed by atoms with Crippen molar-refractivity contribution >= 4 is 11.7 Å². The maximum atomic E-state index is 12.6. The summed E-state index contributed by atoms with van der Waals surface area (Å²) in [5.41, 5.74) is 0.587. The fraction of sp³-hybridized carbons (Fsp3) is 0.421. The molecule has 26 heavy (non-hydrogen) atoms. The van der Waals surface area contributed by atoms with Crippen LogP contribution >= 0.6 is 0 Å². The number of anilines is 1. The molecule has 0 unspecified atom stereocenters. The van der Waals surface area contributed by atoms with Crippen LogP contribution in [0.25, 0.3) is 0 Å². The van der Waals surface area contributed by atoms with Crippen molar-refractivity contribution in [1.29, 1.82) is 0 Å². The van der Waals surface area contributed by atoms with Gasteiger partial charge in [-0.05, 0) is 30.7 Å². The van der Waals surface area contributed by atoms with E-state index in [0.29, 0.717) is 37.4 Å². The Balaban J connectivity index is 1.48. The Morgan fingerprint density at radius 1 is 1.27 bits per heavy atom. The van der Waals surface area contributed by atoms with Gasteiger partial charge in [-0.15, -0.1) is 0 Å². The number of aliphatic hydroxyl groups excluding tert-OH is 1. The number of hydrogen-bond acceptors (Lipinski definition) is 6. The number of nitrogens with one attached hydrogen (secondary N) is 1. The van der Waals surface area contributed by atoms with Gasteiger partial charge in [0.1, 0.15) is 17.7 Å². The summed E-state index contributed by atoms with van der Waals surface area (Å²) < 4.78 is 5.91. The molecular formula is C19H24N4O3. The maximum absolute atomic E-state index is 12.6. The van der Waals surface area contributed by atoms with Crippen LogP contribution in [0.5, 0.6) is 5.75 Å². The molecule has 0 bridgehead atoms. The first kappa shape index (κ1) is 18.1. The minimum absolute atomic E-state index is 0.000707. The monoisotopic (exact) mass is 356 g/mol. The van der Waals surface area contributed by atoms with Gasteiger partial charge in [0, 0.05) is 51.5 Å². The number of piperidine rings is 1. The molecule has 0 aliphatic carbocycles. The third kappa shape index (κ3) is 4.92. The molecule has 1 saturated heterocycles. The number of carbonyl (C=O) groups is 1. The molecule has 2 aromatic rings. The van der Waals surface area contributed by atoms with E-state index in [0.717, 1.165) is 18.6 Å². The molecule has 1 aliphatic heterocycles. The molecule has 138 valence electrons. The van der Waals surface area contributed by atoms with Crippen molar-refractivity contribution in [1.82, 2.24) is 14.9 Å². The first-order valence-corrected chi connectivity index (χ1v) is 8.93. The van der Waals surface area contributed by atoms with E-state index in [1.165, 1.54) is 0 Å². The van der Waals surface area contributed by atoms with Gasteiger partial charge in [0.2, 0.25) is 0 Å². The van der Waals surface area contributed by atoms with Crippen LogP contribution in [0.4, 0.5) is 5.82 Å². The Morgan fingerprint density at radius 2 is 2.12 bits per heavy atom. The fourth-order valence-corrected chi connectivity index (χ4v) is 2.89. The molecular weight excluding hydrogens is 332 g/mol. The van der Waals surface area contributed by atoms with Crippen LogP contribution < -0.4 is 10.1 Å². The lowest BCUT2D eigenvalue weighted by Gasteiger charge is -2.32. The summed E-state index contributed by atoms with van der Waals surface area (Å²) in [6.07, 6.45) is 7.40. The van der Waals surface area contributed by atoms with Gasteiger partial charge < -0.3 is 20.1 Å². The number of aliphatic hydroxyl groups is 1. The first-order chi connectivity index (χ1) is 12.8. The topological polar surface area (TPSA) is 87.6 Å². The largest absolute Gasteiger partial charge is 0.489 e. The Morgan fingerprint density at radius 3 is 2.77 bits per heavy atom. The van der Waals surface area contributed by atoms with Gasteiger partial charge in [0.25, 0.3) is 5.91 Å². The van der Waals surface area contributed by atoms with Gasteiger partial charge in [0.05, 0.1) is 11.8 Å². The number of ether oxygens (including phenoxy) is 1. The number of rotatable bonds is 7. The highest BCUT2D eigenvalue weighted by Crippen LogP contribution is 2.19.